The summed E-state index contributed by atoms with van der Waals surface area (Å²) in [4.78, 5) is 40.0. The van der Waals surface area contributed by atoms with Crippen molar-refractivity contribution in [2.75, 3.05) is 26.2 Å². The fourth-order valence-corrected chi connectivity index (χ4v) is 3.82. The van der Waals surface area contributed by atoms with E-state index in [1.165, 1.54) is 12.1 Å². The van der Waals surface area contributed by atoms with Crippen LogP contribution < -0.4 is 0 Å². The summed E-state index contributed by atoms with van der Waals surface area (Å²) in [5.74, 6) is -1.48. The number of aliphatic carboxylic acids is 1. The van der Waals surface area contributed by atoms with Crippen molar-refractivity contribution in [2.24, 2.45) is 5.41 Å². The summed E-state index contributed by atoms with van der Waals surface area (Å²) >= 11 is 0. The number of amides is 2. The fraction of sp³-hybridized carbons (Fsp3) is 0.550. The van der Waals surface area contributed by atoms with Gasteiger partial charge >= 0.3 is 5.97 Å². The number of carbonyl (C=O) groups is 3. The number of hydrogen-bond donors (Lipinski definition) is 1. The Hall–Kier alpha value is -2.44. The second kappa shape index (κ2) is 8.06. The molecule has 1 aromatic carbocycles. The predicted molar refractivity (Wildman–Crippen MR) is 96.4 cm³/mol. The smallest absolute Gasteiger partial charge is 0.310 e. The summed E-state index contributed by atoms with van der Waals surface area (Å²) in [5, 5.41) is 9.41. The van der Waals surface area contributed by atoms with Gasteiger partial charge in [0.2, 0.25) is 11.8 Å². The minimum atomic E-state index is -0.893. The molecule has 1 saturated heterocycles. The molecule has 1 N–H and O–H groups in total. The van der Waals surface area contributed by atoms with Crippen LogP contribution in [0.1, 0.15) is 37.7 Å². The van der Waals surface area contributed by atoms with Gasteiger partial charge in [-0.1, -0.05) is 18.6 Å². The second-order valence-corrected chi connectivity index (χ2v) is 7.54. The van der Waals surface area contributed by atoms with E-state index < -0.39 is 11.4 Å². The Morgan fingerprint density at radius 1 is 1.00 bits per heavy atom. The van der Waals surface area contributed by atoms with Crippen molar-refractivity contribution in [3.05, 3.63) is 35.6 Å². The first kappa shape index (κ1) is 19.3. The van der Waals surface area contributed by atoms with Gasteiger partial charge in [0, 0.05) is 32.6 Å². The average Bonchev–Trinajstić information content (AvgIpc) is 2.84. The maximum Gasteiger partial charge on any atom is 0.310 e. The third-order valence-electron chi connectivity index (χ3n) is 5.70. The molecule has 1 saturated carbocycles. The molecule has 146 valence electrons. The highest BCUT2D eigenvalue weighted by Crippen LogP contribution is 2.44. The first-order chi connectivity index (χ1) is 12.9. The highest BCUT2D eigenvalue weighted by Gasteiger charge is 2.46. The Bertz CT molecular complexity index is 732. The Morgan fingerprint density at radius 3 is 2.22 bits per heavy atom. The predicted octanol–water partition coefficient (Wildman–Crippen LogP) is 2.07. The zero-order valence-corrected chi connectivity index (χ0v) is 15.3. The molecule has 1 aliphatic heterocycles. The second-order valence-electron chi connectivity index (χ2n) is 7.54. The topological polar surface area (TPSA) is 77.9 Å². The molecular formula is C20H25FN2O4. The maximum absolute atomic E-state index is 13.3. The van der Waals surface area contributed by atoms with Crippen LogP contribution in [0.5, 0.6) is 0 Å². The van der Waals surface area contributed by atoms with E-state index in [2.05, 4.69) is 0 Å². The van der Waals surface area contributed by atoms with Gasteiger partial charge in [0.05, 0.1) is 11.8 Å². The molecule has 2 amide bonds. The molecule has 0 unspecified atom stereocenters. The molecule has 1 aromatic rings. The summed E-state index contributed by atoms with van der Waals surface area (Å²) in [7, 11) is 0. The average molecular weight is 376 g/mol. The number of carbonyl (C=O) groups excluding carboxylic acids is 2. The summed E-state index contributed by atoms with van der Waals surface area (Å²) in [6.45, 7) is 1.89. The molecule has 0 bridgehead atoms. The lowest BCUT2D eigenvalue weighted by Gasteiger charge is -2.38. The van der Waals surface area contributed by atoms with Crippen LogP contribution in [0.25, 0.3) is 0 Å². The number of carboxylic acid groups (broad SMARTS) is 1. The van der Waals surface area contributed by atoms with Crippen LogP contribution >= 0.6 is 0 Å². The number of rotatable bonds is 5. The van der Waals surface area contributed by atoms with Gasteiger partial charge in [0.25, 0.3) is 0 Å². The van der Waals surface area contributed by atoms with Gasteiger partial charge in [0.1, 0.15) is 5.82 Å². The number of nitrogens with zero attached hydrogens (tertiary/aromatic N) is 2. The van der Waals surface area contributed by atoms with Crippen molar-refractivity contribution in [3.63, 3.8) is 0 Å². The largest absolute Gasteiger partial charge is 0.481 e. The Kier molecular flexibility index (Phi) is 5.77. The maximum atomic E-state index is 13.3. The third kappa shape index (κ3) is 4.46. The van der Waals surface area contributed by atoms with Gasteiger partial charge in [-0.2, -0.15) is 0 Å². The standard InChI is InChI=1S/C20H25FN2O4/c21-16-5-1-4-15(12-16)13-17(24)22-8-3-9-23(11-10-22)18(25)14-20(19(26)27)6-2-7-20/h1,4-5,12H,2-3,6-11,13-14H2,(H,26,27). The molecule has 1 aliphatic carbocycles. The lowest BCUT2D eigenvalue weighted by molar-refractivity contribution is -0.159. The van der Waals surface area contributed by atoms with Crippen molar-refractivity contribution in [2.45, 2.75) is 38.5 Å². The van der Waals surface area contributed by atoms with Crippen LogP contribution in [0, 0.1) is 11.2 Å². The quantitative estimate of drug-likeness (QED) is 0.853. The molecule has 0 aromatic heterocycles. The van der Waals surface area contributed by atoms with Gasteiger partial charge in [-0.3, -0.25) is 14.4 Å². The number of halogens is 1. The molecule has 0 radical (unpaired) electrons. The van der Waals surface area contributed by atoms with E-state index in [0.717, 1.165) is 6.42 Å². The molecule has 0 spiro atoms. The molecule has 2 aliphatic rings. The van der Waals surface area contributed by atoms with Crippen molar-refractivity contribution >= 4 is 17.8 Å². The van der Waals surface area contributed by atoms with E-state index in [1.807, 2.05) is 0 Å². The molecule has 1 heterocycles. The first-order valence-corrected chi connectivity index (χ1v) is 9.43. The number of hydrogen-bond acceptors (Lipinski definition) is 3. The van der Waals surface area contributed by atoms with E-state index in [-0.39, 0.29) is 30.5 Å². The minimum Gasteiger partial charge on any atom is -0.481 e. The normalized spacial score (nSPS) is 19.1. The number of benzene rings is 1. The van der Waals surface area contributed by atoms with Crippen LogP contribution in [0.3, 0.4) is 0 Å². The van der Waals surface area contributed by atoms with Gasteiger partial charge in [0.15, 0.2) is 0 Å². The fourth-order valence-electron chi connectivity index (χ4n) is 3.82. The first-order valence-electron chi connectivity index (χ1n) is 9.43. The molecular weight excluding hydrogens is 351 g/mol. The van der Waals surface area contributed by atoms with Gasteiger partial charge in [-0.15, -0.1) is 0 Å². The van der Waals surface area contributed by atoms with Gasteiger partial charge < -0.3 is 14.9 Å². The van der Waals surface area contributed by atoms with Crippen molar-refractivity contribution in [1.82, 2.24) is 9.80 Å². The summed E-state index contributed by atoms with van der Waals surface area (Å²) in [6.07, 6.45) is 2.79. The van der Waals surface area contributed by atoms with Gasteiger partial charge in [-0.25, -0.2) is 4.39 Å². The third-order valence-corrected chi connectivity index (χ3v) is 5.70. The zero-order valence-electron chi connectivity index (χ0n) is 15.3. The van der Waals surface area contributed by atoms with Gasteiger partial charge in [-0.05, 0) is 37.0 Å². The van der Waals surface area contributed by atoms with Crippen molar-refractivity contribution < 1.29 is 23.9 Å². The monoisotopic (exact) mass is 376 g/mol. The highest BCUT2D eigenvalue weighted by molar-refractivity contribution is 5.86. The van der Waals surface area contributed by atoms with Crippen LogP contribution in [0.15, 0.2) is 24.3 Å². The summed E-state index contributed by atoms with van der Waals surface area (Å²) < 4.78 is 13.3. The van der Waals surface area contributed by atoms with Crippen LogP contribution in [0.4, 0.5) is 4.39 Å². The number of carboxylic acids is 1. The van der Waals surface area contributed by atoms with Crippen LogP contribution in [-0.4, -0.2) is 58.9 Å². The van der Waals surface area contributed by atoms with Crippen molar-refractivity contribution in [1.29, 1.82) is 0 Å². The Labute approximate surface area is 157 Å². The van der Waals surface area contributed by atoms with Crippen LogP contribution in [-0.2, 0) is 20.8 Å². The Morgan fingerprint density at radius 2 is 1.67 bits per heavy atom. The van der Waals surface area contributed by atoms with E-state index >= 15 is 0 Å². The highest BCUT2D eigenvalue weighted by atomic mass is 19.1. The molecule has 0 atom stereocenters. The molecule has 27 heavy (non-hydrogen) atoms. The summed E-state index contributed by atoms with van der Waals surface area (Å²) in [6, 6.07) is 6.00. The van der Waals surface area contributed by atoms with E-state index in [0.29, 0.717) is 51.0 Å². The lowest BCUT2D eigenvalue weighted by Crippen LogP contribution is -2.45. The molecule has 3 rings (SSSR count). The van der Waals surface area contributed by atoms with E-state index in [4.69, 9.17) is 0 Å². The lowest BCUT2D eigenvalue weighted by atomic mass is 9.66. The molecule has 2 fully saturated rings. The zero-order chi connectivity index (χ0) is 19.4. The summed E-state index contributed by atoms with van der Waals surface area (Å²) in [5.41, 5.74) is -0.262. The minimum absolute atomic E-state index is 0.0412. The van der Waals surface area contributed by atoms with Crippen LogP contribution in [0.2, 0.25) is 0 Å². The van der Waals surface area contributed by atoms with E-state index in [1.54, 1.807) is 21.9 Å². The molecule has 7 heteroatoms. The Balaban J connectivity index is 1.54. The van der Waals surface area contributed by atoms with E-state index in [9.17, 15) is 23.9 Å². The SMILES string of the molecule is O=C(Cc1cccc(F)c1)N1CCCN(C(=O)CC2(C(=O)O)CCC2)CC1. The van der Waals surface area contributed by atoms with Crippen molar-refractivity contribution in [3.8, 4) is 0 Å². The molecule has 6 nitrogen and oxygen atoms in total.